The van der Waals surface area contributed by atoms with Crippen LogP contribution in [0.5, 0.6) is 0 Å². The molecule has 0 aromatic heterocycles. The van der Waals surface area contributed by atoms with E-state index in [1.54, 1.807) is 11.1 Å². The topological polar surface area (TPSA) is 0 Å². The maximum absolute atomic E-state index is 3.98. The molecule has 226 valence electrons. The van der Waals surface area contributed by atoms with E-state index in [1.165, 1.54) is 57.3 Å². The van der Waals surface area contributed by atoms with E-state index in [-0.39, 0.29) is 0 Å². The van der Waals surface area contributed by atoms with Crippen LogP contribution < -0.4 is 0 Å². The van der Waals surface area contributed by atoms with Gasteiger partial charge in [0.2, 0.25) is 0 Å². The molecule has 6 rings (SSSR count). The zero-order valence-electron chi connectivity index (χ0n) is 28.1. The van der Waals surface area contributed by atoms with Crippen molar-refractivity contribution in [3.63, 3.8) is 0 Å². The van der Waals surface area contributed by atoms with Crippen molar-refractivity contribution in [3.8, 4) is 22.3 Å². The van der Waals surface area contributed by atoms with Crippen molar-refractivity contribution in [2.75, 3.05) is 0 Å². The van der Waals surface area contributed by atoms with Crippen LogP contribution in [0.2, 0.25) is 9.36 Å². The Kier molecular flexibility index (Phi) is 8.34. The van der Waals surface area contributed by atoms with Crippen LogP contribution in [0.1, 0.15) is 107 Å². The predicted octanol–water partition coefficient (Wildman–Crippen LogP) is 12.9. The summed E-state index contributed by atoms with van der Waals surface area (Å²) in [6.07, 6.45) is 12.5. The van der Waals surface area contributed by atoms with Gasteiger partial charge in [-0.25, -0.2) is 0 Å². The summed E-state index contributed by atoms with van der Waals surface area (Å²) in [5.41, 5.74) is 14.2. The summed E-state index contributed by atoms with van der Waals surface area (Å²) in [6.45, 7) is 13.9. The Balaban J connectivity index is 1.49. The molecule has 4 aromatic carbocycles. The Morgan fingerprint density at radius 3 is 1.30 bits per heavy atom. The molecule has 0 bridgehead atoms. The molecule has 0 saturated heterocycles. The average Bonchev–Trinajstić information content (AvgIpc) is 3.68. The fourth-order valence-corrected chi connectivity index (χ4v) is 35.0. The van der Waals surface area contributed by atoms with Gasteiger partial charge in [0.15, 0.2) is 0 Å². The molecule has 0 fully saturated rings. The maximum atomic E-state index is 2.79. The molecule has 2 aliphatic carbocycles. The van der Waals surface area contributed by atoms with Crippen LogP contribution >= 0.6 is 0 Å². The molecule has 4 aromatic rings. The van der Waals surface area contributed by atoms with Crippen molar-refractivity contribution < 1.29 is 18.0 Å². The van der Waals surface area contributed by atoms with E-state index in [0.29, 0.717) is 19.2 Å². The van der Waals surface area contributed by atoms with Crippen molar-refractivity contribution in [2.24, 2.45) is 0 Å². The summed E-state index contributed by atoms with van der Waals surface area (Å²) in [7, 11) is 0. The number of rotatable bonds is 8. The van der Waals surface area contributed by atoms with Crippen LogP contribution in [-0.4, -0.2) is 3.26 Å². The van der Waals surface area contributed by atoms with E-state index in [4.69, 9.17) is 0 Å². The number of allylic oxidation sites excluding steroid dienone is 2. The Labute approximate surface area is 267 Å². The summed E-state index contributed by atoms with van der Waals surface area (Å²) in [4.78, 5) is 0. The van der Waals surface area contributed by atoms with Gasteiger partial charge in [-0.2, -0.15) is 0 Å². The summed E-state index contributed by atoms with van der Waals surface area (Å²) in [6, 6.07) is 32.8. The SMILES string of the molecule is CC[C](CC)=[Hf]([CH3])([CH3])([CH]1C=Cc2c(-c3ccc(C(C)C)cc3)cccc21)[CH]1C=Cc2c(-c3ccc(C(C)C)cc3)cccc21. The molecule has 0 N–H and O–H groups in total. The monoisotopic (exact) mass is 746 g/mol. The molecular weight excluding hydrogens is 695 g/mol. The molecule has 2 unspecified atom stereocenters. The van der Waals surface area contributed by atoms with Crippen LogP contribution in [0.3, 0.4) is 0 Å². The van der Waals surface area contributed by atoms with Gasteiger partial charge in [-0.1, -0.05) is 0 Å². The second-order valence-electron chi connectivity index (χ2n) is 14.8. The van der Waals surface area contributed by atoms with Crippen LogP contribution in [0.15, 0.2) is 97.1 Å². The number of hydrogen-bond acceptors (Lipinski definition) is 0. The third kappa shape index (κ3) is 4.95. The van der Waals surface area contributed by atoms with Gasteiger partial charge in [0, 0.05) is 0 Å². The molecule has 1 heteroatoms. The minimum absolute atomic E-state index is 0.487. The second kappa shape index (κ2) is 11.8. The molecule has 0 saturated carbocycles. The zero-order chi connectivity index (χ0) is 31.2. The van der Waals surface area contributed by atoms with Crippen molar-refractivity contribution in [3.05, 3.63) is 130 Å². The summed E-state index contributed by atoms with van der Waals surface area (Å²) < 4.78 is 8.41. The van der Waals surface area contributed by atoms with E-state index < -0.39 is 18.0 Å². The van der Waals surface area contributed by atoms with Gasteiger partial charge >= 0.3 is 269 Å². The molecule has 0 nitrogen and oxygen atoms in total. The molecule has 0 heterocycles. The van der Waals surface area contributed by atoms with Gasteiger partial charge < -0.3 is 0 Å². The molecule has 2 aliphatic rings. The Morgan fingerprint density at radius 1 is 0.568 bits per heavy atom. The third-order valence-electron chi connectivity index (χ3n) is 11.5. The standard InChI is InChI=1S/2C18H17.C5H10.2CH3.Hf/c2*1-13(2)14-9-11-16(12-10-14)18-8-4-6-15-5-3-7-17(15)18;1-3-5-4-2;;;/h2*3-13H,1-2H3;3-4H2,1-2H3;2*1H3;. The minimum atomic E-state index is -3.98. The quantitative estimate of drug-likeness (QED) is 0.158. The van der Waals surface area contributed by atoms with Crippen molar-refractivity contribution in [1.82, 2.24) is 0 Å². The summed E-state index contributed by atoms with van der Waals surface area (Å²) in [5, 5.41) is 0. The van der Waals surface area contributed by atoms with E-state index in [1.807, 2.05) is 3.26 Å². The zero-order valence-corrected chi connectivity index (χ0v) is 31.7. The van der Waals surface area contributed by atoms with Crippen LogP contribution in [-0.2, 0) is 18.0 Å². The summed E-state index contributed by atoms with van der Waals surface area (Å²) in [5.74, 6) is 1.09. The number of benzene rings is 4. The molecule has 44 heavy (non-hydrogen) atoms. The van der Waals surface area contributed by atoms with Crippen molar-refractivity contribution in [2.45, 2.75) is 82.9 Å². The first-order valence-corrected chi connectivity index (χ1v) is 30.1. The van der Waals surface area contributed by atoms with Crippen molar-refractivity contribution in [1.29, 1.82) is 0 Å². The molecule has 0 aliphatic heterocycles. The predicted molar refractivity (Wildman–Crippen MR) is 193 cm³/mol. The van der Waals surface area contributed by atoms with Crippen LogP contribution in [0.4, 0.5) is 0 Å². The fraction of sp³-hybridized carbons (Fsp3) is 0.326. The van der Waals surface area contributed by atoms with E-state index >= 15 is 0 Å². The molecule has 0 amide bonds. The average molecular weight is 745 g/mol. The second-order valence-corrected chi connectivity index (χ2v) is 40.5. The van der Waals surface area contributed by atoms with Crippen LogP contribution in [0, 0.1) is 0 Å². The van der Waals surface area contributed by atoms with E-state index in [2.05, 4.69) is 160 Å². The number of fused-ring (bicyclic) bond motifs is 2. The molecular formula is C43H50Hf. The van der Waals surface area contributed by atoms with Gasteiger partial charge in [-0.3, -0.25) is 0 Å². The molecule has 0 spiro atoms. The van der Waals surface area contributed by atoms with Gasteiger partial charge in [0.1, 0.15) is 0 Å². The third-order valence-corrected chi connectivity index (χ3v) is 39.4. The van der Waals surface area contributed by atoms with Gasteiger partial charge in [-0.15, -0.1) is 0 Å². The van der Waals surface area contributed by atoms with Gasteiger partial charge in [0.05, 0.1) is 0 Å². The Morgan fingerprint density at radius 2 is 0.955 bits per heavy atom. The van der Waals surface area contributed by atoms with Gasteiger partial charge in [-0.05, 0) is 0 Å². The fourth-order valence-electron chi connectivity index (χ4n) is 8.82. The Hall–Kier alpha value is -2.90. The first-order chi connectivity index (χ1) is 21.1. The van der Waals surface area contributed by atoms with Crippen LogP contribution in [0.25, 0.3) is 34.4 Å². The first-order valence-electron chi connectivity index (χ1n) is 17.0. The first kappa shape index (κ1) is 31.1. The van der Waals surface area contributed by atoms with E-state index in [0.717, 1.165) is 0 Å². The van der Waals surface area contributed by atoms with E-state index in [9.17, 15) is 0 Å². The Bertz CT molecular complexity index is 1690. The number of hydrogen-bond donors (Lipinski definition) is 0. The normalized spacial score (nSPS) is 17.4. The van der Waals surface area contributed by atoms with Gasteiger partial charge in [0.25, 0.3) is 0 Å². The van der Waals surface area contributed by atoms with Crippen molar-refractivity contribution >= 4 is 15.4 Å². The summed E-state index contributed by atoms with van der Waals surface area (Å²) >= 11 is -3.98. The molecule has 2 atom stereocenters. The molecule has 0 radical (unpaired) electrons.